The molecule has 0 saturated heterocycles. The first-order chi connectivity index (χ1) is 8.38. The maximum Gasteiger partial charge on any atom is 0.341 e. The number of rotatable bonds is 4. The summed E-state index contributed by atoms with van der Waals surface area (Å²) >= 11 is 0. The van der Waals surface area contributed by atoms with E-state index in [0.717, 1.165) is 12.8 Å². The molecule has 98 valence electrons. The fourth-order valence-electron chi connectivity index (χ4n) is 1.26. The van der Waals surface area contributed by atoms with E-state index in [1.807, 2.05) is 0 Å². The third-order valence-corrected chi connectivity index (χ3v) is 3.01. The number of esters is 1. The summed E-state index contributed by atoms with van der Waals surface area (Å²) < 4.78 is 6.70. The van der Waals surface area contributed by atoms with Crippen molar-refractivity contribution in [2.45, 2.75) is 32.5 Å². The zero-order valence-corrected chi connectivity index (χ0v) is 12.5. The highest BCUT2D eigenvalue weighted by Gasteiger charge is 2.09. The topological polar surface area (TPSA) is 44.1 Å². The van der Waals surface area contributed by atoms with Gasteiger partial charge in [-0.2, -0.15) is 5.10 Å². The number of unbranched alkanes of at least 4 members (excludes halogenated alkanes) is 1. The van der Waals surface area contributed by atoms with Gasteiger partial charge in [-0.15, -0.1) is 11.5 Å². The normalized spacial score (nSPS) is 10.7. The van der Waals surface area contributed by atoms with Crippen molar-refractivity contribution in [3.63, 3.8) is 0 Å². The smallest absolute Gasteiger partial charge is 0.341 e. The van der Waals surface area contributed by atoms with E-state index in [2.05, 4.69) is 36.2 Å². The van der Waals surface area contributed by atoms with E-state index in [4.69, 9.17) is 4.74 Å². The number of hydrogen-bond acceptors (Lipinski definition) is 3. The van der Waals surface area contributed by atoms with Crippen LogP contribution in [0.3, 0.4) is 0 Å². The molecule has 0 radical (unpaired) electrons. The van der Waals surface area contributed by atoms with Gasteiger partial charge in [0, 0.05) is 19.7 Å². The van der Waals surface area contributed by atoms with Gasteiger partial charge < -0.3 is 4.74 Å². The molecule has 1 heterocycles. The fraction of sp³-hybridized carbons (Fsp3) is 0.538. The van der Waals surface area contributed by atoms with Gasteiger partial charge in [-0.1, -0.05) is 19.6 Å². The van der Waals surface area contributed by atoms with E-state index in [9.17, 15) is 4.79 Å². The van der Waals surface area contributed by atoms with Crippen molar-refractivity contribution in [3.05, 3.63) is 18.0 Å². The molecule has 0 amide bonds. The summed E-state index contributed by atoms with van der Waals surface area (Å²) in [6.45, 7) is 7.04. The third-order valence-electron chi connectivity index (χ3n) is 2.08. The third kappa shape index (κ3) is 5.69. The Bertz CT molecular complexity index is 463. The average Bonchev–Trinajstić information content (AvgIpc) is 2.68. The van der Waals surface area contributed by atoms with Crippen LogP contribution in [0.15, 0.2) is 12.4 Å². The lowest BCUT2D eigenvalue weighted by Crippen LogP contribution is -2.16. The standard InChI is InChI=1S/C13H20N2O2Si/c1-15-11-12(10-14-15)13(16)17-8-6-5-7-9-18(2,3)4/h10-11H,5-6,8H2,1-4H3. The van der Waals surface area contributed by atoms with Crippen LogP contribution in [0.4, 0.5) is 0 Å². The van der Waals surface area contributed by atoms with Crippen molar-refractivity contribution in [3.8, 4) is 11.5 Å². The highest BCUT2D eigenvalue weighted by molar-refractivity contribution is 6.83. The number of hydrogen-bond donors (Lipinski definition) is 0. The fourth-order valence-corrected chi connectivity index (χ4v) is 1.92. The minimum atomic E-state index is -1.27. The quantitative estimate of drug-likeness (QED) is 0.362. The monoisotopic (exact) mass is 264 g/mol. The Labute approximate surface area is 109 Å². The minimum Gasteiger partial charge on any atom is -0.462 e. The second-order valence-electron chi connectivity index (χ2n) is 5.19. The molecule has 0 N–H and O–H groups in total. The minimum absolute atomic E-state index is 0.318. The van der Waals surface area contributed by atoms with E-state index in [1.54, 1.807) is 17.9 Å². The van der Waals surface area contributed by atoms with E-state index in [0.29, 0.717) is 12.2 Å². The van der Waals surface area contributed by atoms with Gasteiger partial charge in [-0.05, 0) is 6.42 Å². The van der Waals surface area contributed by atoms with Gasteiger partial charge in [-0.3, -0.25) is 4.68 Å². The molecule has 0 aliphatic heterocycles. The zero-order valence-electron chi connectivity index (χ0n) is 11.5. The first-order valence-corrected chi connectivity index (χ1v) is 9.54. The number of carbonyl (C=O) groups excluding carboxylic acids is 1. The lowest BCUT2D eigenvalue weighted by Gasteiger charge is -2.03. The molecule has 1 aromatic rings. The first kappa shape index (κ1) is 14.5. The summed E-state index contributed by atoms with van der Waals surface area (Å²) in [4.78, 5) is 11.5. The lowest BCUT2D eigenvalue weighted by molar-refractivity contribution is 0.0502. The Morgan fingerprint density at radius 3 is 2.78 bits per heavy atom. The molecule has 18 heavy (non-hydrogen) atoms. The Morgan fingerprint density at radius 2 is 2.22 bits per heavy atom. The van der Waals surface area contributed by atoms with Gasteiger partial charge in [0.25, 0.3) is 0 Å². The maximum absolute atomic E-state index is 11.5. The lowest BCUT2D eigenvalue weighted by atomic mass is 10.3. The van der Waals surface area contributed by atoms with Crippen LogP contribution in [0.2, 0.25) is 19.6 Å². The van der Waals surface area contributed by atoms with Gasteiger partial charge in [0.2, 0.25) is 0 Å². The number of carbonyl (C=O) groups is 1. The molecule has 4 nitrogen and oxygen atoms in total. The van der Waals surface area contributed by atoms with Crippen LogP contribution >= 0.6 is 0 Å². The molecule has 0 aliphatic rings. The average molecular weight is 264 g/mol. The molecule has 1 aromatic heterocycles. The van der Waals surface area contributed by atoms with E-state index < -0.39 is 8.07 Å². The SMILES string of the molecule is Cn1cc(C(=O)OCCCC#C[Si](C)(C)C)cn1. The van der Waals surface area contributed by atoms with Gasteiger partial charge >= 0.3 is 5.97 Å². The molecule has 0 fully saturated rings. The molecule has 0 spiro atoms. The van der Waals surface area contributed by atoms with Crippen LogP contribution < -0.4 is 0 Å². The van der Waals surface area contributed by atoms with Crippen molar-refractivity contribution >= 4 is 14.0 Å². The van der Waals surface area contributed by atoms with Gasteiger partial charge in [0.15, 0.2) is 0 Å². The summed E-state index contributed by atoms with van der Waals surface area (Å²) in [5, 5.41) is 3.92. The Hall–Kier alpha value is -1.54. The molecule has 0 unspecified atom stereocenters. The number of aryl methyl sites for hydroxylation is 1. The highest BCUT2D eigenvalue weighted by atomic mass is 28.3. The number of ether oxygens (including phenoxy) is 1. The van der Waals surface area contributed by atoms with Crippen LogP contribution in [-0.2, 0) is 11.8 Å². The molecule has 5 heteroatoms. The molecule has 0 bridgehead atoms. The van der Waals surface area contributed by atoms with Crippen LogP contribution in [0.5, 0.6) is 0 Å². The molecule has 0 saturated carbocycles. The molecule has 0 atom stereocenters. The van der Waals surface area contributed by atoms with E-state index >= 15 is 0 Å². The van der Waals surface area contributed by atoms with Gasteiger partial charge in [-0.25, -0.2) is 4.79 Å². The van der Waals surface area contributed by atoms with Crippen molar-refractivity contribution in [1.82, 2.24) is 9.78 Å². The molecular formula is C13H20N2O2Si. The summed E-state index contributed by atoms with van der Waals surface area (Å²) in [5.41, 5.74) is 3.77. The number of aromatic nitrogens is 2. The van der Waals surface area contributed by atoms with E-state index in [1.165, 1.54) is 6.20 Å². The Balaban J connectivity index is 2.22. The Morgan fingerprint density at radius 1 is 1.50 bits per heavy atom. The summed E-state index contributed by atoms with van der Waals surface area (Å²) in [7, 11) is 0.498. The summed E-state index contributed by atoms with van der Waals surface area (Å²) in [6.07, 6.45) is 4.72. The second kappa shape index (κ2) is 6.41. The molecular weight excluding hydrogens is 244 g/mol. The number of nitrogens with zero attached hydrogens (tertiary/aromatic N) is 2. The summed E-state index contributed by atoms with van der Waals surface area (Å²) in [6, 6.07) is 0. The predicted octanol–water partition coefficient (Wildman–Crippen LogP) is 2.24. The first-order valence-electron chi connectivity index (χ1n) is 6.04. The predicted molar refractivity (Wildman–Crippen MR) is 73.8 cm³/mol. The van der Waals surface area contributed by atoms with Gasteiger partial charge in [0.05, 0.1) is 18.4 Å². The maximum atomic E-state index is 11.5. The van der Waals surface area contributed by atoms with Crippen LogP contribution in [-0.4, -0.2) is 30.4 Å². The zero-order chi connectivity index (χ0) is 13.6. The molecule has 1 rings (SSSR count). The summed E-state index contributed by atoms with van der Waals surface area (Å²) in [5.74, 6) is 2.83. The van der Waals surface area contributed by atoms with Crippen molar-refractivity contribution < 1.29 is 9.53 Å². The Kier molecular flexibility index (Phi) is 5.17. The van der Waals surface area contributed by atoms with Crippen molar-refractivity contribution in [1.29, 1.82) is 0 Å². The van der Waals surface area contributed by atoms with Gasteiger partial charge in [0.1, 0.15) is 8.07 Å². The second-order valence-corrected chi connectivity index (χ2v) is 9.94. The van der Waals surface area contributed by atoms with Crippen molar-refractivity contribution in [2.24, 2.45) is 7.05 Å². The molecule has 0 aromatic carbocycles. The van der Waals surface area contributed by atoms with Crippen molar-refractivity contribution in [2.75, 3.05) is 6.61 Å². The van der Waals surface area contributed by atoms with Crippen LogP contribution in [0, 0.1) is 11.5 Å². The van der Waals surface area contributed by atoms with Crippen LogP contribution in [0.1, 0.15) is 23.2 Å². The molecule has 0 aliphatic carbocycles. The van der Waals surface area contributed by atoms with E-state index in [-0.39, 0.29) is 5.97 Å². The van der Waals surface area contributed by atoms with Crippen LogP contribution in [0.25, 0.3) is 0 Å². The highest BCUT2D eigenvalue weighted by Crippen LogP contribution is 2.01. The largest absolute Gasteiger partial charge is 0.462 e.